The summed E-state index contributed by atoms with van der Waals surface area (Å²) in [6.45, 7) is 1.94. The number of amides is 1. The van der Waals surface area contributed by atoms with Gasteiger partial charge in [0.2, 0.25) is 11.9 Å². The zero-order chi connectivity index (χ0) is 27.8. The lowest BCUT2D eigenvalue weighted by molar-refractivity contribution is -0.111. The zero-order valence-corrected chi connectivity index (χ0v) is 23.0. The molecule has 0 saturated carbocycles. The Morgan fingerprint density at radius 2 is 1.87 bits per heavy atom. The van der Waals surface area contributed by atoms with Crippen molar-refractivity contribution in [1.82, 2.24) is 19.4 Å². The van der Waals surface area contributed by atoms with E-state index < -0.39 is 0 Å². The number of nitrogens with one attached hydrogen (secondary N) is 2. The summed E-state index contributed by atoms with van der Waals surface area (Å²) in [6.07, 6.45) is 6.81. The molecule has 2 heterocycles. The van der Waals surface area contributed by atoms with Gasteiger partial charge < -0.3 is 34.5 Å². The van der Waals surface area contributed by atoms with Gasteiger partial charge in [-0.15, -0.1) is 0 Å². The van der Waals surface area contributed by atoms with Crippen molar-refractivity contribution in [3.8, 4) is 11.6 Å². The second-order valence-corrected chi connectivity index (χ2v) is 9.25. The number of fused-ring (bicyclic) bond motifs is 1. The molecule has 39 heavy (non-hydrogen) atoms. The summed E-state index contributed by atoms with van der Waals surface area (Å²) in [4.78, 5) is 26.0. The molecule has 0 saturated heterocycles. The standard InChI is InChI=1S/C29H35N7O3/c1-34(2)16-17-35(3)25-20-26(39-5)23(19-22(25)31-28(37)11-8-18-38-4)32-29-30-14-12-27(33-29)36-15-13-21-9-6-7-10-24(21)36/h6-15,19-20H,16-18H2,1-5H3,(H,31,37)(H,30,32,33)/b11-8+. The highest BCUT2D eigenvalue weighted by Crippen LogP contribution is 2.38. The number of rotatable bonds is 12. The number of ether oxygens (including phenoxy) is 2. The molecular formula is C29H35N7O3. The fourth-order valence-corrected chi connectivity index (χ4v) is 4.09. The first-order valence-corrected chi connectivity index (χ1v) is 12.6. The number of benzene rings is 2. The molecule has 1 amide bonds. The Kier molecular flexibility index (Phi) is 9.14. The monoisotopic (exact) mass is 529 g/mol. The lowest BCUT2D eigenvalue weighted by atomic mass is 10.2. The van der Waals surface area contributed by atoms with Crippen LogP contribution in [0.1, 0.15) is 0 Å². The molecule has 4 aromatic rings. The highest BCUT2D eigenvalue weighted by Gasteiger charge is 2.17. The highest BCUT2D eigenvalue weighted by molar-refractivity contribution is 6.02. The lowest BCUT2D eigenvalue weighted by Gasteiger charge is -2.26. The van der Waals surface area contributed by atoms with Gasteiger partial charge in [-0.25, -0.2) is 4.98 Å². The van der Waals surface area contributed by atoms with Crippen molar-refractivity contribution in [1.29, 1.82) is 0 Å². The Balaban J connectivity index is 1.67. The third-order valence-electron chi connectivity index (χ3n) is 6.14. The van der Waals surface area contributed by atoms with E-state index in [0.717, 1.165) is 35.5 Å². The third-order valence-corrected chi connectivity index (χ3v) is 6.14. The predicted octanol–water partition coefficient (Wildman–Crippen LogP) is 4.31. The van der Waals surface area contributed by atoms with Gasteiger partial charge >= 0.3 is 0 Å². The number of carbonyl (C=O) groups is 1. The molecule has 2 aromatic carbocycles. The third kappa shape index (κ3) is 6.92. The number of hydrogen-bond acceptors (Lipinski definition) is 8. The van der Waals surface area contributed by atoms with E-state index >= 15 is 0 Å². The number of para-hydroxylation sites is 1. The van der Waals surface area contributed by atoms with Crippen LogP contribution in [-0.2, 0) is 9.53 Å². The van der Waals surface area contributed by atoms with Crippen LogP contribution < -0.4 is 20.3 Å². The van der Waals surface area contributed by atoms with Gasteiger partial charge in [-0.05, 0) is 43.7 Å². The first kappa shape index (κ1) is 27.6. The quantitative estimate of drug-likeness (QED) is 0.262. The molecular weight excluding hydrogens is 494 g/mol. The number of nitrogens with zero attached hydrogens (tertiary/aromatic N) is 5. The van der Waals surface area contributed by atoms with Gasteiger partial charge in [0.05, 0.1) is 36.3 Å². The highest BCUT2D eigenvalue weighted by atomic mass is 16.5. The zero-order valence-electron chi connectivity index (χ0n) is 23.0. The van der Waals surface area contributed by atoms with E-state index in [4.69, 9.17) is 14.5 Å². The molecule has 0 aliphatic heterocycles. The molecule has 0 fully saturated rings. The molecule has 4 rings (SSSR count). The second-order valence-electron chi connectivity index (χ2n) is 9.25. The first-order chi connectivity index (χ1) is 18.9. The van der Waals surface area contributed by atoms with Crippen LogP contribution in [-0.4, -0.2) is 80.4 Å². The van der Waals surface area contributed by atoms with Crippen molar-refractivity contribution in [2.45, 2.75) is 0 Å². The molecule has 0 aliphatic carbocycles. The van der Waals surface area contributed by atoms with Crippen LogP contribution in [0.2, 0.25) is 0 Å². The van der Waals surface area contributed by atoms with E-state index in [9.17, 15) is 4.79 Å². The largest absolute Gasteiger partial charge is 0.494 e. The van der Waals surface area contributed by atoms with Crippen molar-refractivity contribution >= 4 is 39.8 Å². The summed E-state index contributed by atoms with van der Waals surface area (Å²) < 4.78 is 12.8. The van der Waals surface area contributed by atoms with E-state index in [1.54, 1.807) is 26.5 Å². The Bertz CT molecular complexity index is 1450. The first-order valence-electron chi connectivity index (χ1n) is 12.6. The van der Waals surface area contributed by atoms with Gasteiger partial charge in [0.15, 0.2) is 0 Å². The fraction of sp³-hybridized carbons (Fsp3) is 0.276. The average molecular weight is 530 g/mol. The predicted molar refractivity (Wildman–Crippen MR) is 157 cm³/mol. The Morgan fingerprint density at radius 1 is 1.05 bits per heavy atom. The van der Waals surface area contributed by atoms with Gasteiger partial charge in [-0.3, -0.25) is 4.79 Å². The second kappa shape index (κ2) is 12.9. The van der Waals surface area contributed by atoms with E-state index in [2.05, 4.69) is 43.6 Å². The minimum Gasteiger partial charge on any atom is -0.494 e. The van der Waals surface area contributed by atoms with E-state index in [1.165, 1.54) is 6.08 Å². The molecule has 0 radical (unpaired) electrons. The van der Waals surface area contributed by atoms with Crippen LogP contribution in [0.5, 0.6) is 5.75 Å². The van der Waals surface area contributed by atoms with Crippen LogP contribution in [0.4, 0.5) is 23.0 Å². The molecule has 204 valence electrons. The average Bonchev–Trinajstić information content (AvgIpc) is 3.36. The Labute approximate surface area is 228 Å². The Morgan fingerprint density at radius 3 is 2.64 bits per heavy atom. The summed E-state index contributed by atoms with van der Waals surface area (Å²) >= 11 is 0. The normalized spacial score (nSPS) is 11.3. The van der Waals surface area contributed by atoms with Crippen molar-refractivity contribution in [3.05, 3.63) is 73.1 Å². The molecule has 0 aliphatic rings. The van der Waals surface area contributed by atoms with Gasteiger partial charge in [0.25, 0.3) is 0 Å². The van der Waals surface area contributed by atoms with E-state index in [0.29, 0.717) is 29.7 Å². The van der Waals surface area contributed by atoms with Crippen LogP contribution in [0.25, 0.3) is 16.7 Å². The molecule has 2 N–H and O–H groups in total. The van der Waals surface area contributed by atoms with Crippen molar-refractivity contribution in [2.24, 2.45) is 0 Å². The number of aromatic nitrogens is 3. The smallest absolute Gasteiger partial charge is 0.248 e. The van der Waals surface area contributed by atoms with Crippen LogP contribution in [0.3, 0.4) is 0 Å². The van der Waals surface area contributed by atoms with E-state index in [-0.39, 0.29) is 5.91 Å². The number of carbonyl (C=O) groups excluding carboxylic acids is 1. The summed E-state index contributed by atoms with van der Waals surface area (Å²) in [5.74, 6) is 1.46. The minimum absolute atomic E-state index is 0.261. The minimum atomic E-state index is -0.261. The number of likely N-dealkylation sites (N-methyl/N-ethyl adjacent to an activating group) is 2. The summed E-state index contributed by atoms with van der Waals surface area (Å²) in [7, 11) is 9.22. The molecule has 10 nitrogen and oxygen atoms in total. The summed E-state index contributed by atoms with van der Waals surface area (Å²) in [5.41, 5.74) is 3.12. The summed E-state index contributed by atoms with van der Waals surface area (Å²) in [6, 6.07) is 15.8. The van der Waals surface area contributed by atoms with Crippen LogP contribution in [0.15, 0.2) is 73.1 Å². The van der Waals surface area contributed by atoms with Crippen molar-refractivity contribution < 1.29 is 14.3 Å². The Hall–Kier alpha value is -4.41. The molecule has 0 atom stereocenters. The van der Waals surface area contributed by atoms with Gasteiger partial charge in [-0.2, -0.15) is 4.98 Å². The fourth-order valence-electron chi connectivity index (χ4n) is 4.09. The van der Waals surface area contributed by atoms with Gasteiger partial charge in [0, 0.05) is 51.8 Å². The van der Waals surface area contributed by atoms with Crippen molar-refractivity contribution in [2.75, 3.05) is 70.6 Å². The van der Waals surface area contributed by atoms with Crippen LogP contribution in [0, 0.1) is 0 Å². The molecule has 0 unspecified atom stereocenters. The maximum atomic E-state index is 12.7. The van der Waals surface area contributed by atoms with Crippen molar-refractivity contribution in [3.63, 3.8) is 0 Å². The maximum Gasteiger partial charge on any atom is 0.248 e. The molecule has 10 heteroatoms. The SMILES string of the molecule is COC/C=C/C(=O)Nc1cc(Nc2nccc(-n3ccc4ccccc43)n2)c(OC)cc1N(C)CCN(C)C. The van der Waals surface area contributed by atoms with Crippen LogP contribution >= 0.6 is 0 Å². The molecule has 2 aromatic heterocycles. The molecule has 0 spiro atoms. The number of methoxy groups -OCH3 is 2. The topological polar surface area (TPSA) is 96.8 Å². The lowest BCUT2D eigenvalue weighted by Crippen LogP contribution is -2.29. The van der Waals surface area contributed by atoms with Gasteiger partial charge in [-0.1, -0.05) is 24.3 Å². The maximum absolute atomic E-state index is 12.7. The summed E-state index contributed by atoms with van der Waals surface area (Å²) in [5, 5.41) is 7.40. The number of hydrogen-bond donors (Lipinski definition) is 2. The van der Waals surface area contributed by atoms with Gasteiger partial charge in [0.1, 0.15) is 11.6 Å². The number of anilines is 4. The molecule has 0 bridgehead atoms. The van der Waals surface area contributed by atoms with E-state index in [1.807, 2.05) is 62.2 Å².